The number of halogens is 2. The third kappa shape index (κ3) is 4.68. The Hall–Kier alpha value is -3.26. The Morgan fingerprint density at radius 3 is 2.56 bits per heavy atom. The van der Waals surface area contributed by atoms with Gasteiger partial charge in [-0.3, -0.25) is 4.79 Å². The van der Waals surface area contributed by atoms with E-state index in [-0.39, 0.29) is 23.9 Å². The van der Waals surface area contributed by atoms with Crippen molar-refractivity contribution >= 4 is 5.91 Å². The van der Waals surface area contributed by atoms with Crippen molar-refractivity contribution in [3.8, 4) is 5.75 Å². The van der Waals surface area contributed by atoms with Crippen LogP contribution in [0.1, 0.15) is 33.5 Å². The number of nitrogens with one attached hydrogen (secondary N) is 1. The van der Waals surface area contributed by atoms with E-state index in [4.69, 9.17) is 10.2 Å². The molecule has 8 heteroatoms. The minimum Gasteiger partial charge on any atom is -0.508 e. The summed E-state index contributed by atoms with van der Waals surface area (Å²) in [4.78, 5) is 16.2. The third-order valence-corrected chi connectivity index (χ3v) is 3.90. The van der Waals surface area contributed by atoms with Gasteiger partial charge in [0.2, 0.25) is 5.89 Å². The molecule has 0 aliphatic heterocycles. The van der Waals surface area contributed by atoms with E-state index < -0.39 is 23.6 Å². The fourth-order valence-corrected chi connectivity index (χ4v) is 2.46. The topological polar surface area (TPSA) is 101 Å². The lowest BCUT2D eigenvalue weighted by molar-refractivity contribution is 0.0945. The molecule has 27 heavy (non-hydrogen) atoms. The second-order valence-corrected chi connectivity index (χ2v) is 5.98. The molecule has 140 valence electrons. The summed E-state index contributed by atoms with van der Waals surface area (Å²) in [5.41, 5.74) is 7.37. The van der Waals surface area contributed by atoms with Gasteiger partial charge in [-0.1, -0.05) is 18.2 Å². The second-order valence-electron chi connectivity index (χ2n) is 5.98. The van der Waals surface area contributed by atoms with Crippen LogP contribution in [0.3, 0.4) is 0 Å². The lowest BCUT2D eigenvalue weighted by Crippen LogP contribution is -2.23. The number of nitrogens with zero attached hydrogens (tertiary/aromatic N) is 1. The zero-order valence-corrected chi connectivity index (χ0v) is 14.2. The zero-order valence-electron chi connectivity index (χ0n) is 14.2. The molecule has 0 radical (unpaired) electrons. The molecular weight excluding hydrogens is 356 g/mol. The molecule has 3 aromatic rings. The van der Waals surface area contributed by atoms with Crippen LogP contribution in [0.15, 0.2) is 53.1 Å². The first-order valence-electron chi connectivity index (χ1n) is 8.13. The molecular formula is C19H17F2N3O3. The largest absolute Gasteiger partial charge is 0.508 e. The van der Waals surface area contributed by atoms with Crippen molar-refractivity contribution in [3.05, 3.63) is 83.1 Å². The highest BCUT2D eigenvalue weighted by Crippen LogP contribution is 2.18. The summed E-state index contributed by atoms with van der Waals surface area (Å²) in [7, 11) is 0. The minimum absolute atomic E-state index is 0.0117. The molecule has 0 saturated heterocycles. The maximum atomic E-state index is 13.2. The normalized spacial score (nSPS) is 12.0. The van der Waals surface area contributed by atoms with Crippen LogP contribution in [-0.2, 0) is 13.0 Å². The van der Waals surface area contributed by atoms with Gasteiger partial charge in [0, 0.05) is 6.54 Å². The van der Waals surface area contributed by atoms with Crippen molar-refractivity contribution in [2.75, 3.05) is 0 Å². The highest BCUT2D eigenvalue weighted by molar-refractivity contribution is 5.91. The number of hydrogen-bond donors (Lipinski definition) is 3. The Balaban J connectivity index is 1.59. The van der Waals surface area contributed by atoms with Gasteiger partial charge in [0.05, 0.1) is 6.04 Å². The lowest BCUT2D eigenvalue weighted by atomic mass is 10.1. The van der Waals surface area contributed by atoms with Crippen molar-refractivity contribution < 1.29 is 23.1 Å². The van der Waals surface area contributed by atoms with Crippen molar-refractivity contribution in [2.24, 2.45) is 5.73 Å². The van der Waals surface area contributed by atoms with E-state index in [0.717, 1.165) is 17.7 Å². The summed E-state index contributed by atoms with van der Waals surface area (Å²) in [6, 6.07) is 9.37. The number of oxazole rings is 1. The quantitative estimate of drug-likeness (QED) is 0.617. The number of amides is 1. The molecule has 1 aromatic heterocycles. The first kappa shape index (κ1) is 18.5. The van der Waals surface area contributed by atoms with Crippen molar-refractivity contribution in [1.82, 2.24) is 10.3 Å². The molecule has 6 nitrogen and oxygen atoms in total. The van der Waals surface area contributed by atoms with Crippen LogP contribution < -0.4 is 11.1 Å². The van der Waals surface area contributed by atoms with Gasteiger partial charge < -0.3 is 20.6 Å². The van der Waals surface area contributed by atoms with E-state index in [9.17, 15) is 18.7 Å². The Morgan fingerprint density at radius 1 is 1.15 bits per heavy atom. The number of phenols is 1. The SMILES string of the molecule is NC(Cc1ccc(O)cc1)c1nc(C(=O)NCc2ccc(F)c(F)c2)co1. The Kier molecular flexibility index (Phi) is 5.46. The Labute approximate surface area is 153 Å². The number of phenolic OH excluding ortho intramolecular Hbond substituents is 1. The number of carbonyl (C=O) groups is 1. The van der Waals surface area contributed by atoms with Crippen molar-refractivity contribution in [3.63, 3.8) is 0 Å². The van der Waals surface area contributed by atoms with Crippen LogP contribution in [0.4, 0.5) is 8.78 Å². The smallest absolute Gasteiger partial charge is 0.273 e. The molecule has 0 fully saturated rings. The Bertz CT molecular complexity index is 942. The van der Waals surface area contributed by atoms with Gasteiger partial charge in [-0.25, -0.2) is 13.8 Å². The molecule has 1 heterocycles. The fourth-order valence-electron chi connectivity index (χ4n) is 2.46. The monoisotopic (exact) mass is 373 g/mol. The molecule has 1 amide bonds. The second kappa shape index (κ2) is 7.96. The van der Waals surface area contributed by atoms with Crippen LogP contribution in [-0.4, -0.2) is 16.0 Å². The first-order chi connectivity index (χ1) is 12.9. The minimum atomic E-state index is -0.981. The van der Waals surface area contributed by atoms with E-state index in [1.165, 1.54) is 12.3 Å². The Morgan fingerprint density at radius 2 is 1.85 bits per heavy atom. The summed E-state index contributed by atoms with van der Waals surface area (Å²) >= 11 is 0. The van der Waals surface area contributed by atoms with Crippen LogP contribution in [0.2, 0.25) is 0 Å². The standard InChI is InChI=1S/C19H17F2N3O3/c20-14-6-3-12(7-15(14)21)9-23-18(26)17-10-27-19(24-17)16(22)8-11-1-4-13(25)5-2-11/h1-7,10,16,25H,8-9,22H2,(H,23,26). The van der Waals surface area contributed by atoms with Gasteiger partial charge in [0.15, 0.2) is 17.3 Å². The summed E-state index contributed by atoms with van der Waals surface area (Å²) in [5, 5.41) is 11.8. The van der Waals surface area contributed by atoms with Crippen LogP contribution >= 0.6 is 0 Å². The number of hydrogen-bond acceptors (Lipinski definition) is 5. The number of aromatic hydroxyl groups is 1. The zero-order chi connectivity index (χ0) is 19.4. The number of aromatic nitrogens is 1. The van der Waals surface area contributed by atoms with E-state index >= 15 is 0 Å². The predicted octanol–water partition coefficient (Wildman–Crippen LogP) is 2.83. The van der Waals surface area contributed by atoms with E-state index in [1.54, 1.807) is 24.3 Å². The lowest BCUT2D eigenvalue weighted by Gasteiger charge is -2.07. The summed E-state index contributed by atoms with van der Waals surface area (Å²) in [6.07, 6.45) is 1.60. The highest BCUT2D eigenvalue weighted by Gasteiger charge is 2.17. The number of rotatable bonds is 6. The first-order valence-corrected chi connectivity index (χ1v) is 8.13. The van der Waals surface area contributed by atoms with E-state index in [2.05, 4.69) is 10.3 Å². The average Bonchev–Trinajstić information content (AvgIpc) is 3.15. The molecule has 0 saturated carbocycles. The molecule has 2 aromatic carbocycles. The third-order valence-electron chi connectivity index (χ3n) is 3.90. The number of nitrogens with two attached hydrogens (primary N) is 1. The summed E-state index contributed by atoms with van der Waals surface area (Å²) < 4.78 is 31.4. The molecule has 3 rings (SSSR count). The maximum Gasteiger partial charge on any atom is 0.273 e. The molecule has 0 aliphatic carbocycles. The summed E-state index contributed by atoms with van der Waals surface area (Å²) in [5.74, 6) is -2.10. The predicted molar refractivity (Wildman–Crippen MR) is 92.8 cm³/mol. The van der Waals surface area contributed by atoms with Gasteiger partial charge in [0.25, 0.3) is 5.91 Å². The molecule has 0 bridgehead atoms. The number of carbonyl (C=O) groups excluding carboxylic acids is 1. The van der Waals surface area contributed by atoms with E-state index in [1.807, 2.05) is 0 Å². The average molecular weight is 373 g/mol. The molecule has 0 spiro atoms. The van der Waals surface area contributed by atoms with Crippen LogP contribution in [0.25, 0.3) is 0 Å². The highest BCUT2D eigenvalue weighted by atomic mass is 19.2. The van der Waals surface area contributed by atoms with E-state index in [0.29, 0.717) is 12.0 Å². The number of benzene rings is 2. The van der Waals surface area contributed by atoms with Gasteiger partial charge in [0.1, 0.15) is 12.0 Å². The maximum absolute atomic E-state index is 13.2. The molecule has 1 atom stereocenters. The molecule has 0 aliphatic rings. The van der Waals surface area contributed by atoms with Crippen molar-refractivity contribution in [1.29, 1.82) is 0 Å². The van der Waals surface area contributed by atoms with Gasteiger partial charge in [-0.15, -0.1) is 0 Å². The van der Waals surface area contributed by atoms with Crippen LogP contribution in [0.5, 0.6) is 5.75 Å². The molecule has 1 unspecified atom stereocenters. The van der Waals surface area contributed by atoms with Gasteiger partial charge >= 0.3 is 0 Å². The van der Waals surface area contributed by atoms with Crippen molar-refractivity contribution in [2.45, 2.75) is 19.0 Å². The van der Waals surface area contributed by atoms with Gasteiger partial charge in [-0.05, 0) is 41.8 Å². The molecule has 4 N–H and O–H groups in total. The van der Waals surface area contributed by atoms with Crippen LogP contribution in [0, 0.1) is 11.6 Å². The summed E-state index contributed by atoms with van der Waals surface area (Å²) in [6.45, 7) is 0.0117. The van der Waals surface area contributed by atoms with Gasteiger partial charge in [-0.2, -0.15) is 0 Å². The fraction of sp³-hybridized carbons (Fsp3) is 0.158.